The van der Waals surface area contributed by atoms with Crippen LogP contribution in [-0.4, -0.2) is 59.8 Å². The molecule has 2 aliphatic heterocycles. The van der Waals surface area contributed by atoms with E-state index in [0.29, 0.717) is 13.1 Å². The minimum Gasteiger partial charge on any atom is -0.481 e. The normalized spacial score (nSPS) is 31.4. The third-order valence-electron chi connectivity index (χ3n) is 7.01. The van der Waals surface area contributed by atoms with Gasteiger partial charge in [-0.1, -0.05) is 6.07 Å². The zero-order chi connectivity index (χ0) is 19.3. The van der Waals surface area contributed by atoms with Gasteiger partial charge in [-0.3, -0.25) is 14.5 Å². The molecule has 5 rings (SSSR count). The van der Waals surface area contributed by atoms with E-state index in [4.69, 9.17) is 9.47 Å². The lowest BCUT2D eigenvalue weighted by Gasteiger charge is -2.38. The second-order valence-electron chi connectivity index (χ2n) is 8.51. The summed E-state index contributed by atoms with van der Waals surface area (Å²) < 4.78 is 10.8. The van der Waals surface area contributed by atoms with Crippen LogP contribution in [0, 0.1) is 23.7 Å². The third kappa shape index (κ3) is 3.02. The third-order valence-corrected chi connectivity index (χ3v) is 7.01. The van der Waals surface area contributed by atoms with Gasteiger partial charge in [0.2, 0.25) is 12.7 Å². The van der Waals surface area contributed by atoms with Crippen molar-refractivity contribution in [3.63, 3.8) is 0 Å². The summed E-state index contributed by atoms with van der Waals surface area (Å²) in [4.78, 5) is 29.1. The smallest absolute Gasteiger partial charge is 0.307 e. The van der Waals surface area contributed by atoms with Crippen LogP contribution in [-0.2, 0) is 16.1 Å². The molecule has 2 heterocycles. The fourth-order valence-electron chi connectivity index (χ4n) is 5.64. The summed E-state index contributed by atoms with van der Waals surface area (Å²) in [5.74, 6) is 0.554. The highest BCUT2D eigenvalue weighted by Gasteiger charge is 2.54. The molecule has 1 aromatic carbocycles. The first kappa shape index (κ1) is 17.8. The van der Waals surface area contributed by atoms with Crippen molar-refractivity contribution >= 4 is 11.9 Å². The molecule has 2 aliphatic carbocycles. The van der Waals surface area contributed by atoms with Gasteiger partial charge in [0, 0.05) is 32.7 Å². The number of benzene rings is 1. The van der Waals surface area contributed by atoms with Crippen molar-refractivity contribution in [2.75, 3.05) is 33.0 Å². The summed E-state index contributed by atoms with van der Waals surface area (Å²) in [6.45, 7) is 4.04. The molecule has 1 saturated heterocycles. The predicted molar refractivity (Wildman–Crippen MR) is 99.9 cm³/mol. The van der Waals surface area contributed by atoms with Gasteiger partial charge in [-0.05, 0) is 48.8 Å². The van der Waals surface area contributed by atoms with Crippen molar-refractivity contribution in [1.29, 1.82) is 0 Å². The monoisotopic (exact) mass is 386 g/mol. The van der Waals surface area contributed by atoms with Crippen LogP contribution in [0.25, 0.3) is 0 Å². The number of fused-ring (bicyclic) bond motifs is 3. The van der Waals surface area contributed by atoms with E-state index >= 15 is 0 Å². The summed E-state index contributed by atoms with van der Waals surface area (Å²) >= 11 is 0. The van der Waals surface area contributed by atoms with Gasteiger partial charge >= 0.3 is 5.97 Å². The van der Waals surface area contributed by atoms with E-state index in [2.05, 4.69) is 11.0 Å². The van der Waals surface area contributed by atoms with Gasteiger partial charge in [-0.2, -0.15) is 0 Å². The highest BCUT2D eigenvalue weighted by molar-refractivity contribution is 5.86. The van der Waals surface area contributed by atoms with E-state index in [0.717, 1.165) is 50.4 Å². The average Bonchev–Trinajstić information content (AvgIpc) is 3.43. The van der Waals surface area contributed by atoms with Crippen molar-refractivity contribution in [3.05, 3.63) is 23.8 Å². The zero-order valence-corrected chi connectivity index (χ0v) is 15.9. The number of amides is 1. The minimum absolute atomic E-state index is 0.0716. The van der Waals surface area contributed by atoms with Crippen molar-refractivity contribution in [1.82, 2.24) is 9.80 Å². The van der Waals surface area contributed by atoms with Gasteiger partial charge in [0.15, 0.2) is 11.5 Å². The van der Waals surface area contributed by atoms with Crippen LogP contribution in [0.15, 0.2) is 18.2 Å². The van der Waals surface area contributed by atoms with Gasteiger partial charge in [0.05, 0.1) is 11.8 Å². The Morgan fingerprint density at radius 3 is 2.46 bits per heavy atom. The summed E-state index contributed by atoms with van der Waals surface area (Å²) in [5, 5.41) is 9.63. The fourth-order valence-corrected chi connectivity index (χ4v) is 5.64. The lowest BCUT2D eigenvalue weighted by Crippen LogP contribution is -2.52. The number of aliphatic carboxylic acids is 1. The van der Waals surface area contributed by atoms with E-state index in [1.54, 1.807) is 0 Å². The molecular formula is C21H26N2O5. The Morgan fingerprint density at radius 1 is 1.00 bits per heavy atom. The molecule has 150 valence electrons. The first-order valence-electron chi connectivity index (χ1n) is 10.2. The summed E-state index contributed by atoms with van der Waals surface area (Å²) in [5.41, 5.74) is 1.17. The molecule has 0 aromatic heterocycles. The number of hydrogen-bond donors (Lipinski definition) is 1. The number of carbonyl (C=O) groups is 2. The van der Waals surface area contributed by atoms with Crippen LogP contribution >= 0.6 is 0 Å². The molecule has 0 radical (unpaired) electrons. The molecule has 4 aliphatic rings. The van der Waals surface area contributed by atoms with E-state index in [1.807, 2.05) is 17.0 Å². The highest BCUT2D eigenvalue weighted by atomic mass is 16.7. The summed E-state index contributed by atoms with van der Waals surface area (Å²) in [6, 6.07) is 6.02. The van der Waals surface area contributed by atoms with Crippen molar-refractivity contribution in [2.45, 2.75) is 25.8 Å². The second-order valence-corrected chi connectivity index (χ2v) is 8.51. The minimum atomic E-state index is -0.785. The number of ether oxygens (including phenoxy) is 2. The maximum absolute atomic E-state index is 13.1. The van der Waals surface area contributed by atoms with Gasteiger partial charge in [-0.25, -0.2) is 0 Å². The molecule has 0 spiro atoms. The number of carbonyl (C=O) groups excluding carboxylic acids is 1. The summed E-state index contributed by atoms with van der Waals surface area (Å²) in [7, 11) is 0. The van der Waals surface area contributed by atoms with Crippen LogP contribution in [0.1, 0.15) is 24.8 Å². The van der Waals surface area contributed by atoms with Crippen LogP contribution in [0.4, 0.5) is 0 Å². The lowest BCUT2D eigenvalue weighted by molar-refractivity contribution is -0.153. The number of rotatable bonds is 4. The first-order chi connectivity index (χ1) is 13.6. The Hall–Kier alpha value is -2.28. The van der Waals surface area contributed by atoms with Crippen LogP contribution in [0.3, 0.4) is 0 Å². The fraction of sp³-hybridized carbons (Fsp3) is 0.619. The van der Waals surface area contributed by atoms with Gasteiger partial charge < -0.3 is 19.5 Å². The largest absolute Gasteiger partial charge is 0.481 e. The lowest BCUT2D eigenvalue weighted by atomic mass is 9.78. The Morgan fingerprint density at radius 2 is 1.71 bits per heavy atom. The molecule has 2 saturated carbocycles. The van der Waals surface area contributed by atoms with Crippen LogP contribution in [0.5, 0.6) is 11.5 Å². The molecule has 0 unspecified atom stereocenters. The summed E-state index contributed by atoms with van der Waals surface area (Å²) in [6.07, 6.45) is 2.89. The predicted octanol–water partition coefficient (Wildman–Crippen LogP) is 1.81. The number of nitrogens with zero attached hydrogens (tertiary/aromatic N) is 2. The molecule has 1 N–H and O–H groups in total. The second kappa shape index (κ2) is 6.95. The molecule has 1 amide bonds. The molecule has 7 heteroatoms. The van der Waals surface area contributed by atoms with E-state index in [1.165, 1.54) is 5.56 Å². The Bertz CT molecular complexity index is 789. The maximum atomic E-state index is 13.1. The quantitative estimate of drug-likeness (QED) is 0.850. The average molecular weight is 386 g/mol. The first-order valence-corrected chi connectivity index (χ1v) is 10.2. The SMILES string of the molecule is O=C(O)[C@@H]1[C@H]2CC[C@@H](C2)[C@@H]1C(=O)N1CCN(Cc2ccc3c(c2)OCO3)CC1. The van der Waals surface area contributed by atoms with E-state index < -0.39 is 11.9 Å². The molecule has 4 atom stereocenters. The van der Waals surface area contributed by atoms with Crippen molar-refractivity contribution in [3.8, 4) is 11.5 Å². The zero-order valence-electron chi connectivity index (χ0n) is 15.9. The number of piperazine rings is 1. The Balaban J connectivity index is 1.19. The molecule has 28 heavy (non-hydrogen) atoms. The van der Waals surface area contributed by atoms with Gasteiger partial charge in [0.1, 0.15) is 0 Å². The Labute approximate surface area is 164 Å². The topological polar surface area (TPSA) is 79.3 Å². The number of carboxylic acid groups (broad SMARTS) is 1. The number of hydrogen-bond acceptors (Lipinski definition) is 5. The molecule has 3 fully saturated rings. The van der Waals surface area contributed by atoms with Crippen molar-refractivity contribution < 1.29 is 24.2 Å². The van der Waals surface area contributed by atoms with E-state index in [-0.39, 0.29) is 30.5 Å². The van der Waals surface area contributed by atoms with Crippen LogP contribution in [0.2, 0.25) is 0 Å². The van der Waals surface area contributed by atoms with Gasteiger partial charge in [-0.15, -0.1) is 0 Å². The molecule has 1 aromatic rings. The van der Waals surface area contributed by atoms with E-state index in [9.17, 15) is 14.7 Å². The molecular weight excluding hydrogens is 360 g/mol. The highest BCUT2D eigenvalue weighted by Crippen LogP contribution is 2.53. The van der Waals surface area contributed by atoms with Crippen LogP contribution < -0.4 is 9.47 Å². The Kier molecular flexibility index (Phi) is 4.42. The maximum Gasteiger partial charge on any atom is 0.307 e. The standard InChI is InChI=1S/C21H26N2O5/c24-20(18-14-2-3-15(10-14)19(18)21(25)26)23-7-5-22(6-8-23)11-13-1-4-16-17(9-13)28-12-27-16/h1,4,9,14-15,18-19H,2-3,5-8,10-12H2,(H,25,26)/t14-,15-,18-,19+/m0/s1. The van der Waals surface area contributed by atoms with Gasteiger partial charge in [0.25, 0.3) is 0 Å². The number of carboxylic acids is 1. The molecule has 2 bridgehead atoms. The van der Waals surface area contributed by atoms with Crippen molar-refractivity contribution in [2.24, 2.45) is 23.7 Å². The molecule has 7 nitrogen and oxygen atoms in total.